The first-order valence-corrected chi connectivity index (χ1v) is 8.98. The summed E-state index contributed by atoms with van der Waals surface area (Å²) in [6, 6.07) is 6.46. The molecule has 0 saturated heterocycles. The SMILES string of the molecule is CCCOc1ccc(CNC2CCC(C(=O)O)CC2)cc1OCC. The monoisotopic (exact) mass is 335 g/mol. The third-order valence-corrected chi connectivity index (χ3v) is 4.44. The van der Waals surface area contributed by atoms with Crippen molar-refractivity contribution < 1.29 is 19.4 Å². The number of benzene rings is 1. The Labute approximate surface area is 144 Å². The number of ether oxygens (including phenoxy) is 2. The molecule has 2 rings (SSSR count). The Bertz CT molecular complexity index is 524. The fraction of sp³-hybridized carbons (Fsp3) is 0.632. The van der Waals surface area contributed by atoms with Gasteiger partial charge < -0.3 is 19.9 Å². The van der Waals surface area contributed by atoms with Gasteiger partial charge in [-0.25, -0.2) is 0 Å². The van der Waals surface area contributed by atoms with Crippen LogP contribution >= 0.6 is 0 Å². The first kappa shape index (κ1) is 18.6. The molecule has 5 nitrogen and oxygen atoms in total. The van der Waals surface area contributed by atoms with E-state index in [1.54, 1.807) is 0 Å². The van der Waals surface area contributed by atoms with Crippen molar-refractivity contribution in [3.8, 4) is 11.5 Å². The van der Waals surface area contributed by atoms with Crippen LogP contribution in [0.4, 0.5) is 0 Å². The highest BCUT2D eigenvalue weighted by atomic mass is 16.5. The number of rotatable bonds is 9. The topological polar surface area (TPSA) is 67.8 Å². The second kappa shape index (κ2) is 9.52. The Hall–Kier alpha value is -1.75. The van der Waals surface area contributed by atoms with Crippen molar-refractivity contribution in [3.05, 3.63) is 23.8 Å². The molecule has 0 heterocycles. The summed E-state index contributed by atoms with van der Waals surface area (Å²) < 4.78 is 11.4. The molecule has 0 unspecified atom stereocenters. The van der Waals surface area contributed by atoms with Crippen LogP contribution in [0.15, 0.2) is 18.2 Å². The molecule has 0 atom stereocenters. The van der Waals surface area contributed by atoms with Crippen molar-refractivity contribution in [1.82, 2.24) is 5.32 Å². The van der Waals surface area contributed by atoms with E-state index in [0.717, 1.165) is 55.7 Å². The standard InChI is InChI=1S/C19H29NO4/c1-3-11-24-17-10-5-14(12-18(17)23-4-2)13-20-16-8-6-15(7-9-16)19(21)22/h5,10,12,15-16,20H,3-4,6-9,11,13H2,1-2H3,(H,21,22). The van der Waals surface area contributed by atoms with Crippen LogP contribution in [0.3, 0.4) is 0 Å². The number of hydrogen-bond acceptors (Lipinski definition) is 4. The number of carbonyl (C=O) groups is 1. The summed E-state index contributed by atoms with van der Waals surface area (Å²) in [5.74, 6) is 0.768. The smallest absolute Gasteiger partial charge is 0.306 e. The van der Waals surface area contributed by atoms with Crippen LogP contribution in [-0.4, -0.2) is 30.3 Å². The predicted molar refractivity (Wildman–Crippen MR) is 93.6 cm³/mol. The molecule has 5 heteroatoms. The van der Waals surface area contributed by atoms with E-state index in [9.17, 15) is 4.79 Å². The number of nitrogens with one attached hydrogen (secondary N) is 1. The molecule has 0 aliphatic heterocycles. The third-order valence-electron chi connectivity index (χ3n) is 4.44. The number of carboxylic acid groups (broad SMARTS) is 1. The molecule has 1 aliphatic rings. The normalized spacial score (nSPS) is 20.6. The lowest BCUT2D eigenvalue weighted by atomic mass is 9.86. The van der Waals surface area contributed by atoms with E-state index in [-0.39, 0.29) is 5.92 Å². The fourth-order valence-electron chi connectivity index (χ4n) is 3.07. The molecule has 24 heavy (non-hydrogen) atoms. The molecule has 0 aromatic heterocycles. The van der Waals surface area contributed by atoms with E-state index < -0.39 is 5.97 Å². The third kappa shape index (κ3) is 5.41. The molecule has 0 bridgehead atoms. The zero-order valence-electron chi connectivity index (χ0n) is 14.7. The van der Waals surface area contributed by atoms with Gasteiger partial charge in [-0.2, -0.15) is 0 Å². The minimum Gasteiger partial charge on any atom is -0.490 e. The molecule has 1 aromatic carbocycles. The molecule has 1 saturated carbocycles. The van der Waals surface area contributed by atoms with Gasteiger partial charge in [-0.3, -0.25) is 4.79 Å². The lowest BCUT2D eigenvalue weighted by Gasteiger charge is -2.27. The first-order chi connectivity index (χ1) is 11.6. The van der Waals surface area contributed by atoms with Gasteiger partial charge in [0.1, 0.15) is 0 Å². The average Bonchev–Trinajstić information content (AvgIpc) is 2.59. The van der Waals surface area contributed by atoms with Crippen LogP contribution < -0.4 is 14.8 Å². The summed E-state index contributed by atoms with van der Waals surface area (Å²) in [5.41, 5.74) is 1.16. The van der Waals surface area contributed by atoms with Crippen LogP contribution in [0.1, 0.15) is 51.5 Å². The van der Waals surface area contributed by atoms with Crippen molar-refractivity contribution in [2.75, 3.05) is 13.2 Å². The summed E-state index contributed by atoms with van der Waals surface area (Å²) in [7, 11) is 0. The van der Waals surface area contributed by atoms with Crippen LogP contribution in [0, 0.1) is 5.92 Å². The van der Waals surface area contributed by atoms with Crippen LogP contribution in [0.2, 0.25) is 0 Å². The Balaban J connectivity index is 1.88. The molecule has 134 valence electrons. The molecule has 1 aromatic rings. The number of carboxylic acids is 1. The zero-order chi connectivity index (χ0) is 17.4. The van der Waals surface area contributed by atoms with E-state index >= 15 is 0 Å². The van der Waals surface area contributed by atoms with Gasteiger partial charge in [0.15, 0.2) is 11.5 Å². The molecule has 0 radical (unpaired) electrons. The van der Waals surface area contributed by atoms with Crippen molar-refractivity contribution in [2.24, 2.45) is 5.92 Å². The number of hydrogen-bond donors (Lipinski definition) is 2. The lowest BCUT2D eigenvalue weighted by Crippen LogP contribution is -2.34. The Morgan fingerprint density at radius 3 is 2.54 bits per heavy atom. The van der Waals surface area contributed by atoms with E-state index in [1.807, 2.05) is 19.1 Å². The van der Waals surface area contributed by atoms with Crippen LogP contribution in [-0.2, 0) is 11.3 Å². The van der Waals surface area contributed by atoms with Crippen molar-refractivity contribution in [2.45, 2.75) is 58.5 Å². The summed E-state index contributed by atoms with van der Waals surface area (Å²) in [6.45, 7) is 6.10. The molecule has 0 spiro atoms. The fourth-order valence-corrected chi connectivity index (χ4v) is 3.07. The molecule has 0 amide bonds. The summed E-state index contributed by atoms with van der Waals surface area (Å²) in [5, 5.41) is 12.6. The molecular formula is C19H29NO4. The van der Waals surface area contributed by atoms with Gasteiger partial charge in [-0.1, -0.05) is 13.0 Å². The van der Waals surface area contributed by atoms with Gasteiger partial charge in [0, 0.05) is 12.6 Å². The van der Waals surface area contributed by atoms with Gasteiger partial charge in [-0.15, -0.1) is 0 Å². The zero-order valence-corrected chi connectivity index (χ0v) is 14.7. The van der Waals surface area contributed by atoms with Crippen LogP contribution in [0.5, 0.6) is 11.5 Å². The first-order valence-electron chi connectivity index (χ1n) is 8.98. The van der Waals surface area contributed by atoms with Crippen molar-refractivity contribution >= 4 is 5.97 Å². The molecular weight excluding hydrogens is 306 g/mol. The maximum absolute atomic E-state index is 11.0. The summed E-state index contributed by atoms with van der Waals surface area (Å²) >= 11 is 0. The quantitative estimate of drug-likeness (QED) is 0.721. The highest BCUT2D eigenvalue weighted by Gasteiger charge is 2.25. The minimum absolute atomic E-state index is 0.164. The average molecular weight is 335 g/mol. The number of aliphatic carboxylic acids is 1. The van der Waals surface area contributed by atoms with Gasteiger partial charge in [0.2, 0.25) is 0 Å². The van der Waals surface area contributed by atoms with Crippen molar-refractivity contribution in [1.29, 1.82) is 0 Å². The molecule has 1 aliphatic carbocycles. The summed E-state index contributed by atoms with van der Waals surface area (Å²) in [6.07, 6.45) is 4.34. The van der Waals surface area contributed by atoms with Crippen molar-refractivity contribution in [3.63, 3.8) is 0 Å². The van der Waals surface area contributed by atoms with E-state index in [0.29, 0.717) is 19.3 Å². The minimum atomic E-state index is -0.655. The maximum atomic E-state index is 11.0. The van der Waals surface area contributed by atoms with E-state index in [4.69, 9.17) is 14.6 Å². The van der Waals surface area contributed by atoms with Crippen LogP contribution in [0.25, 0.3) is 0 Å². The Kier molecular flexibility index (Phi) is 7.37. The van der Waals surface area contributed by atoms with E-state index in [2.05, 4.69) is 18.3 Å². The molecule has 2 N–H and O–H groups in total. The summed E-state index contributed by atoms with van der Waals surface area (Å²) in [4.78, 5) is 11.0. The maximum Gasteiger partial charge on any atom is 0.306 e. The van der Waals surface area contributed by atoms with Gasteiger partial charge in [-0.05, 0) is 56.7 Å². The van der Waals surface area contributed by atoms with Gasteiger partial charge in [0.05, 0.1) is 19.1 Å². The predicted octanol–water partition coefficient (Wildman–Crippen LogP) is 3.61. The second-order valence-corrected chi connectivity index (χ2v) is 6.33. The van der Waals surface area contributed by atoms with E-state index in [1.165, 1.54) is 0 Å². The van der Waals surface area contributed by atoms with Gasteiger partial charge >= 0.3 is 5.97 Å². The second-order valence-electron chi connectivity index (χ2n) is 6.33. The largest absolute Gasteiger partial charge is 0.490 e. The highest BCUT2D eigenvalue weighted by molar-refractivity contribution is 5.70. The molecule has 1 fully saturated rings. The Morgan fingerprint density at radius 1 is 1.17 bits per heavy atom. The lowest BCUT2D eigenvalue weighted by molar-refractivity contribution is -0.142. The highest BCUT2D eigenvalue weighted by Crippen LogP contribution is 2.29. The Morgan fingerprint density at radius 2 is 1.92 bits per heavy atom. The van der Waals surface area contributed by atoms with Gasteiger partial charge in [0.25, 0.3) is 0 Å².